The molecule has 0 spiro atoms. The fourth-order valence-corrected chi connectivity index (χ4v) is 0.811. The Balaban J connectivity index is 1.88. The molecule has 3 nitrogen and oxygen atoms in total. The number of epoxide rings is 1. The predicted molar refractivity (Wildman–Crippen MR) is 35.6 cm³/mol. The summed E-state index contributed by atoms with van der Waals surface area (Å²) in [6.07, 6.45) is 2.84. The van der Waals surface area contributed by atoms with Crippen LogP contribution >= 0.6 is 0 Å². The third-order valence-electron chi connectivity index (χ3n) is 1.54. The smallest absolute Gasteiger partial charge is 0.305 e. The van der Waals surface area contributed by atoms with Gasteiger partial charge in [-0.05, 0) is 12.8 Å². The molecular formula is C7H12O3. The van der Waals surface area contributed by atoms with Gasteiger partial charge in [-0.2, -0.15) is 0 Å². The fraction of sp³-hybridized carbons (Fsp3) is 0.857. The molecule has 0 aromatic rings. The SMILES string of the molecule is COC(=O)CCC[C@@H]1CO1. The van der Waals surface area contributed by atoms with E-state index in [1.54, 1.807) is 0 Å². The van der Waals surface area contributed by atoms with Gasteiger partial charge in [0, 0.05) is 6.42 Å². The molecule has 1 heterocycles. The van der Waals surface area contributed by atoms with Crippen molar-refractivity contribution in [3.63, 3.8) is 0 Å². The van der Waals surface area contributed by atoms with Crippen molar-refractivity contribution < 1.29 is 14.3 Å². The van der Waals surface area contributed by atoms with Gasteiger partial charge >= 0.3 is 5.97 Å². The Morgan fingerprint density at radius 2 is 2.50 bits per heavy atom. The molecule has 1 aliphatic heterocycles. The summed E-state index contributed by atoms with van der Waals surface area (Å²) >= 11 is 0. The second kappa shape index (κ2) is 3.56. The summed E-state index contributed by atoms with van der Waals surface area (Å²) in [7, 11) is 1.41. The van der Waals surface area contributed by atoms with Crippen LogP contribution in [0.4, 0.5) is 0 Å². The molecule has 0 amide bonds. The quantitative estimate of drug-likeness (QED) is 0.431. The Labute approximate surface area is 60.3 Å². The summed E-state index contributed by atoms with van der Waals surface area (Å²) < 4.78 is 9.44. The monoisotopic (exact) mass is 144 g/mol. The van der Waals surface area contributed by atoms with E-state index < -0.39 is 0 Å². The van der Waals surface area contributed by atoms with Crippen LogP contribution in [0.3, 0.4) is 0 Å². The largest absolute Gasteiger partial charge is 0.469 e. The first-order chi connectivity index (χ1) is 4.83. The molecule has 10 heavy (non-hydrogen) atoms. The Bertz CT molecular complexity index is 118. The Hall–Kier alpha value is -0.570. The first-order valence-electron chi connectivity index (χ1n) is 3.51. The van der Waals surface area contributed by atoms with E-state index in [9.17, 15) is 4.79 Å². The van der Waals surface area contributed by atoms with E-state index in [2.05, 4.69) is 4.74 Å². The van der Waals surface area contributed by atoms with Crippen molar-refractivity contribution in [3.8, 4) is 0 Å². The number of hydrogen-bond donors (Lipinski definition) is 0. The number of hydrogen-bond acceptors (Lipinski definition) is 3. The summed E-state index contributed by atoms with van der Waals surface area (Å²) in [6, 6.07) is 0. The van der Waals surface area contributed by atoms with Crippen molar-refractivity contribution in [2.75, 3.05) is 13.7 Å². The topological polar surface area (TPSA) is 38.8 Å². The van der Waals surface area contributed by atoms with Crippen LogP contribution < -0.4 is 0 Å². The fourth-order valence-electron chi connectivity index (χ4n) is 0.811. The summed E-state index contributed by atoms with van der Waals surface area (Å²) in [5, 5.41) is 0. The van der Waals surface area contributed by atoms with Gasteiger partial charge in [0.2, 0.25) is 0 Å². The third kappa shape index (κ3) is 2.82. The average molecular weight is 144 g/mol. The normalized spacial score (nSPS) is 22.3. The van der Waals surface area contributed by atoms with Crippen molar-refractivity contribution in [1.82, 2.24) is 0 Å². The van der Waals surface area contributed by atoms with E-state index in [1.807, 2.05) is 0 Å². The molecule has 0 N–H and O–H groups in total. The number of esters is 1. The summed E-state index contributed by atoms with van der Waals surface area (Å²) in [5.74, 6) is -0.124. The van der Waals surface area contributed by atoms with Gasteiger partial charge in [-0.3, -0.25) is 4.79 Å². The lowest BCUT2D eigenvalue weighted by molar-refractivity contribution is -0.140. The molecule has 3 heteroatoms. The van der Waals surface area contributed by atoms with Gasteiger partial charge in [0.15, 0.2) is 0 Å². The highest BCUT2D eigenvalue weighted by molar-refractivity contribution is 5.68. The molecule has 0 aliphatic carbocycles. The van der Waals surface area contributed by atoms with Crippen LogP contribution in [0.2, 0.25) is 0 Å². The second-order valence-corrected chi connectivity index (χ2v) is 2.42. The molecule has 1 atom stereocenters. The Morgan fingerprint density at radius 3 is 3.00 bits per heavy atom. The summed E-state index contributed by atoms with van der Waals surface area (Å²) in [6.45, 7) is 0.876. The molecular weight excluding hydrogens is 132 g/mol. The zero-order valence-electron chi connectivity index (χ0n) is 6.13. The Morgan fingerprint density at radius 1 is 1.80 bits per heavy atom. The van der Waals surface area contributed by atoms with Crippen molar-refractivity contribution in [2.24, 2.45) is 0 Å². The Kier molecular flexibility index (Phi) is 2.68. The van der Waals surface area contributed by atoms with E-state index >= 15 is 0 Å². The molecule has 0 radical (unpaired) electrons. The standard InChI is InChI=1S/C7H12O3/c1-9-7(8)4-2-3-6-5-10-6/h6H,2-5H2,1H3/t6-/m1/s1. The van der Waals surface area contributed by atoms with Crippen LogP contribution in [-0.4, -0.2) is 25.8 Å². The average Bonchev–Trinajstić information content (AvgIpc) is 2.71. The van der Waals surface area contributed by atoms with Crippen LogP contribution in [0.15, 0.2) is 0 Å². The zero-order chi connectivity index (χ0) is 7.40. The van der Waals surface area contributed by atoms with E-state index in [0.717, 1.165) is 19.4 Å². The first-order valence-corrected chi connectivity index (χ1v) is 3.51. The van der Waals surface area contributed by atoms with Crippen molar-refractivity contribution in [1.29, 1.82) is 0 Å². The molecule has 1 fully saturated rings. The van der Waals surface area contributed by atoms with E-state index in [-0.39, 0.29) is 5.97 Å². The molecule has 0 saturated carbocycles. The second-order valence-electron chi connectivity index (χ2n) is 2.42. The molecule has 1 rings (SSSR count). The maximum Gasteiger partial charge on any atom is 0.305 e. The molecule has 0 unspecified atom stereocenters. The van der Waals surface area contributed by atoms with Gasteiger partial charge in [0.1, 0.15) is 0 Å². The van der Waals surface area contributed by atoms with E-state index in [0.29, 0.717) is 12.5 Å². The summed E-state index contributed by atoms with van der Waals surface area (Å²) in [5.41, 5.74) is 0. The van der Waals surface area contributed by atoms with Crippen molar-refractivity contribution in [2.45, 2.75) is 25.4 Å². The number of rotatable bonds is 4. The highest BCUT2D eigenvalue weighted by atomic mass is 16.6. The van der Waals surface area contributed by atoms with Crippen molar-refractivity contribution >= 4 is 5.97 Å². The molecule has 1 saturated heterocycles. The molecule has 58 valence electrons. The first kappa shape index (κ1) is 7.54. The number of ether oxygens (including phenoxy) is 2. The minimum Gasteiger partial charge on any atom is -0.469 e. The van der Waals surface area contributed by atoms with Crippen LogP contribution in [0.1, 0.15) is 19.3 Å². The minimum atomic E-state index is -0.124. The maximum absolute atomic E-state index is 10.6. The maximum atomic E-state index is 10.6. The van der Waals surface area contributed by atoms with Crippen LogP contribution in [0.25, 0.3) is 0 Å². The number of carbonyl (C=O) groups excluding carboxylic acids is 1. The zero-order valence-corrected chi connectivity index (χ0v) is 6.13. The predicted octanol–water partition coefficient (Wildman–Crippen LogP) is 0.728. The lowest BCUT2D eigenvalue weighted by atomic mass is 10.2. The van der Waals surface area contributed by atoms with Gasteiger partial charge in [-0.1, -0.05) is 0 Å². The van der Waals surface area contributed by atoms with Gasteiger partial charge < -0.3 is 9.47 Å². The number of methoxy groups -OCH3 is 1. The highest BCUT2D eigenvalue weighted by Crippen LogP contribution is 2.16. The third-order valence-corrected chi connectivity index (χ3v) is 1.54. The lowest BCUT2D eigenvalue weighted by Crippen LogP contribution is -2.00. The van der Waals surface area contributed by atoms with Crippen LogP contribution in [0.5, 0.6) is 0 Å². The number of carbonyl (C=O) groups is 1. The van der Waals surface area contributed by atoms with Crippen molar-refractivity contribution in [3.05, 3.63) is 0 Å². The van der Waals surface area contributed by atoms with E-state index in [1.165, 1.54) is 7.11 Å². The molecule has 0 aromatic heterocycles. The van der Waals surface area contributed by atoms with E-state index in [4.69, 9.17) is 4.74 Å². The van der Waals surface area contributed by atoms with Gasteiger partial charge in [0.25, 0.3) is 0 Å². The molecule has 0 aromatic carbocycles. The molecule has 1 aliphatic rings. The van der Waals surface area contributed by atoms with Gasteiger partial charge in [0.05, 0.1) is 19.8 Å². The lowest BCUT2D eigenvalue weighted by Gasteiger charge is -1.95. The van der Waals surface area contributed by atoms with Crippen LogP contribution in [0, 0.1) is 0 Å². The highest BCUT2D eigenvalue weighted by Gasteiger charge is 2.21. The minimum absolute atomic E-state index is 0.124. The summed E-state index contributed by atoms with van der Waals surface area (Å²) in [4.78, 5) is 10.6. The van der Waals surface area contributed by atoms with Gasteiger partial charge in [-0.15, -0.1) is 0 Å². The molecule has 0 bridgehead atoms. The van der Waals surface area contributed by atoms with Crippen LogP contribution in [-0.2, 0) is 14.3 Å². The van der Waals surface area contributed by atoms with Gasteiger partial charge in [-0.25, -0.2) is 0 Å².